The van der Waals surface area contributed by atoms with Crippen LogP contribution >= 0.6 is 0 Å². The normalized spacial score (nSPS) is 14.3. The van der Waals surface area contributed by atoms with E-state index in [4.69, 9.17) is 0 Å². The summed E-state index contributed by atoms with van der Waals surface area (Å²) in [4.78, 5) is 2.36. The number of hydrogen-bond donors (Lipinski definition) is 0. The Labute approximate surface area is 60.5 Å². The second-order valence-corrected chi connectivity index (χ2v) is 2.87. The van der Waals surface area contributed by atoms with Crippen molar-refractivity contribution in [2.75, 3.05) is 20.1 Å². The molecule has 0 saturated heterocycles. The lowest BCUT2D eigenvalue weighted by Gasteiger charge is -2.17. The summed E-state index contributed by atoms with van der Waals surface area (Å²) in [5, 5.41) is 0. The van der Waals surface area contributed by atoms with Gasteiger partial charge in [-0.3, -0.25) is 0 Å². The Morgan fingerprint density at radius 1 is 1.44 bits per heavy atom. The molecule has 0 aliphatic heterocycles. The molecule has 0 aromatic rings. The van der Waals surface area contributed by atoms with Crippen LogP contribution in [0.2, 0.25) is 0 Å². The largest absolute Gasteiger partial charge is 0.306 e. The summed E-state index contributed by atoms with van der Waals surface area (Å²) >= 11 is 0. The minimum absolute atomic E-state index is 0. The Morgan fingerprint density at radius 2 is 2.00 bits per heavy atom. The van der Waals surface area contributed by atoms with Crippen molar-refractivity contribution in [1.82, 2.24) is 4.90 Å². The molecule has 0 amide bonds. The molecule has 58 valence electrons. The molecule has 1 nitrogen and oxygen atoms in total. The van der Waals surface area contributed by atoms with Gasteiger partial charge in [0.2, 0.25) is 0 Å². The molecule has 1 atom stereocenters. The zero-order valence-electron chi connectivity index (χ0n) is 7.15. The van der Waals surface area contributed by atoms with Gasteiger partial charge in [-0.2, -0.15) is 0 Å². The Kier molecular flexibility index (Phi) is 4.78. The van der Waals surface area contributed by atoms with Gasteiger partial charge in [-0.1, -0.05) is 27.2 Å². The molecule has 1 heteroatoms. The fourth-order valence-electron chi connectivity index (χ4n) is 0.790. The van der Waals surface area contributed by atoms with E-state index in [1.165, 1.54) is 19.5 Å². The first kappa shape index (κ1) is 8.96. The third-order valence-electron chi connectivity index (χ3n) is 1.86. The van der Waals surface area contributed by atoms with Crippen molar-refractivity contribution < 1.29 is 1.43 Å². The zero-order chi connectivity index (χ0) is 7.28. The van der Waals surface area contributed by atoms with Crippen molar-refractivity contribution >= 4 is 0 Å². The van der Waals surface area contributed by atoms with E-state index in [1.807, 2.05) is 0 Å². The first-order chi connectivity index (χ1) is 4.20. The van der Waals surface area contributed by atoms with Crippen molar-refractivity contribution in [2.24, 2.45) is 5.92 Å². The van der Waals surface area contributed by atoms with E-state index in [0.717, 1.165) is 5.92 Å². The lowest BCUT2D eigenvalue weighted by Crippen LogP contribution is -2.23. The molecule has 0 radical (unpaired) electrons. The number of nitrogens with zero attached hydrogens (tertiary/aromatic N) is 1. The molecule has 0 aromatic carbocycles. The third kappa shape index (κ3) is 4.46. The van der Waals surface area contributed by atoms with Gasteiger partial charge in [0.05, 0.1) is 0 Å². The Morgan fingerprint density at radius 3 is 2.33 bits per heavy atom. The van der Waals surface area contributed by atoms with Gasteiger partial charge in [-0.15, -0.1) is 0 Å². The maximum Gasteiger partial charge on any atom is 0.000375 e. The first-order valence-electron chi connectivity index (χ1n) is 3.89. The summed E-state index contributed by atoms with van der Waals surface area (Å²) in [6.45, 7) is 9.15. The molecule has 0 spiro atoms. The quantitative estimate of drug-likeness (QED) is 0.565. The summed E-state index contributed by atoms with van der Waals surface area (Å²) in [7, 11) is 2.17. The van der Waals surface area contributed by atoms with E-state index < -0.39 is 0 Å². The number of hydrogen-bond acceptors (Lipinski definition) is 1. The van der Waals surface area contributed by atoms with E-state index in [-0.39, 0.29) is 1.43 Å². The monoisotopic (exact) mass is 131 g/mol. The maximum atomic E-state index is 2.36. The van der Waals surface area contributed by atoms with Crippen LogP contribution in [0.3, 0.4) is 0 Å². The average Bonchev–Trinajstić information content (AvgIpc) is 1.87. The molecule has 0 aliphatic carbocycles. The minimum atomic E-state index is 0. The van der Waals surface area contributed by atoms with Gasteiger partial charge < -0.3 is 4.90 Å². The molecule has 0 rings (SSSR count). The molecular weight excluding hydrogens is 110 g/mol. The highest BCUT2D eigenvalue weighted by Gasteiger charge is 2.00. The van der Waals surface area contributed by atoms with E-state index in [9.17, 15) is 0 Å². The molecule has 9 heavy (non-hydrogen) atoms. The Hall–Kier alpha value is -0.0400. The molecule has 0 heterocycles. The Balaban J connectivity index is 0. The van der Waals surface area contributed by atoms with Gasteiger partial charge in [0.25, 0.3) is 0 Å². The zero-order valence-corrected chi connectivity index (χ0v) is 7.15. The lowest BCUT2D eigenvalue weighted by atomic mass is 10.1. The number of rotatable bonds is 4. The molecule has 0 aliphatic rings. The summed E-state index contributed by atoms with van der Waals surface area (Å²) < 4.78 is 0. The van der Waals surface area contributed by atoms with Crippen LogP contribution in [0.25, 0.3) is 0 Å². The molecule has 0 fully saturated rings. The van der Waals surface area contributed by atoms with Crippen molar-refractivity contribution in [3.05, 3.63) is 0 Å². The summed E-state index contributed by atoms with van der Waals surface area (Å²) in [6.07, 6.45) is 1.30. The molecule has 0 aromatic heterocycles. The maximum absolute atomic E-state index is 2.36. The van der Waals surface area contributed by atoms with E-state index in [2.05, 4.69) is 32.7 Å². The van der Waals surface area contributed by atoms with Crippen LogP contribution in [-0.2, 0) is 0 Å². The van der Waals surface area contributed by atoms with Gasteiger partial charge in [-0.25, -0.2) is 0 Å². The van der Waals surface area contributed by atoms with Crippen molar-refractivity contribution in [1.29, 1.82) is 0 Å². The standard InChI is InChI=1S/C8H19N.H2/c1-5-8(3)7-9(4)6-2;/h8H,5-7H2,1-4H3;1H. The topological polar surface area (TPSA) is 3.24 Å². The second kappa shape index (κ2) is 4.80. The van der Waals surface area contributed by atoms with Gasteiger partial charge in [0, 0.05) is 7.97 Å². The highest BCUT2D eigenvalue weighted by molar-refractivity contribution is 4.54. The fourth-order valence-corrected chi connectivity index (χ4v) is 0.790. The van der Waals surface area contributed by atoms with E-state index in [1.54, 1.807) is 0 Å². The lowest BCUT2D eigenvalue weighted by molar-refractivity contribution is 0.295. The molecular formula is C8H21N. The van der Waals surface area contributed by atoms with Crippen LogP contribution in [-0.4, -0.2) is 25.0 Å². The van der Waals surface area contributed by atoms with Crippen LogP contribution in [0.1, 0.15) is 28.6 Å². The predicted octanol–water partition coefficient (Wildman–Crippen LogP) is 2.23. The Bertz CT molecular complexity index is 58.3. The summed E-state index contributed by atoms with van der Waals surface area (Å²) in [6, 6.07) is 0. The van der Waals surface area contributed by atoms with Crippen LogP contribution in [0, 0.1) is 5.92 Å². The van der Waals surface area contributed by atoms with Gasteiger partial charge >= 0.3 is 0 Å². The molecule has 0 N–H and O–H groups in total. The minimum Gasteiger partial charge on any atom is -0.306 e. The van der Waals surface area contributed by atoms with E-state index >= 15 is 0 Å². The van der Waals surface area contributed by atoms with E-state index in [0.29, 0.717) is 0 Å². The first-order valence-corrected chi connectivity index (χ1v) is 3.89. The highest BCUT2D eigenvalue weighted by Crippen LogP contribution is 2.01. The van der Waals surface area contributed by atoms with Crippen LogP contribution in [0.4, 0.5) is 0 Å². The van der Waals surface area contributed by atoms with Crippen molar-refractivity contribution in [3.63, 3.8) is 0 Å². The van der Waals surface area contributed by atoms with Gasteiger partial charge in [-0.05, 0) is 19.5 Å². The summed E-state index contributed by atoms with van der Waals surface area (Å²) in [5.74, 6) is 0.856. The van der Waals surface area contributed by atoms with Gasteiger partial charge in [0.15, 0.2) is 0 Å². The molecule has 1 unspecified atom stereocenters. The smallest absolute Gasteiger partial charge is 0.000375 e. The highest BCUT2D eigenvalue weighted by atomic mass is 15.1. The van der Waals surface area contributed by atoms with Gasteiger partial charge in [0.1, 0.15) is 0 Å². The van der Waals surface area contributed by atoms with Crippen LogP contribution < -0.4 is 0 Å². The second-order valence-electron chi connectivity index (χ2n) is 2.87. The predicted molar refractivity (Wildman–Crippen MR) is 44.7 cm³/mol. The average molecular weight is 131 g/mol. The molecule has 0 bridgehead atoms. The fraction of sp³-hybridized carbons (Fsp3) is 1.00. The van der Waals surface area contributed by atoms with Crippen molar-refractivity contribution in [2.45, 2.75) is 27.2 Å². The van der Waals surface area contributed by atoms with Crippen LogP contribution in [0.15, 0.2) is 0 Å². The SMILES string of the molecule is CCC(C)CN(C)CC.[HH]. The van der Waals surface area contributed by atoms with Crippen LogP contribution in [0.5, 0.6) is 0 Å². The third-order valence-corrected chi connectivity index (χ3v) is 1.86. The summed E-state index contributed by atoms with van der Waals surface area (Å²) in [5.41, 5.74) is 0. The van der Waals surface area contributed by atoms with Crippen molar-refractivity contribution in [3.8, 4) is 0 Å². The molecule has 0 saturated carbocycles.